The van der Waals surface area contributed by atoms with Crippen molar-refractivity contribution in [2.75, 3.05) is 12.4 Å². The number of rotatable bonds is 6. The fourth-order valence-corrected chi connectivity index (χ4v) is 5.32. The van der Waals surface area contributed by atoms with Gasteiger partial charge < -0.3 is 20.0 Å². The number of aliphatic carboxylic acids is 1. The van der Waals surface area contributed by atoms with E-state index >= 15 is 0 Å². The number of carbonyl (C=O) groups excluding carboxylic acids is 4. The fraction of sp³-hybridized carbons (Fsp3) is 0.333. The zero-order valence-corrected chi connectivity index (χ0v) is 20.2. The van der Waals surface area contributed by atoms with Crippen molar-refractivity contribution in [2.45, 2.75) is 24.8 Å². The SMILES string of the molecule is CC(=O)OCC1=C(C(=O)[O-])N2C(=O)[C@H](NC(=O)Cc3ccccc3)[C@@H]2S(=O)(=O)C1.[K+]. The Morgan fingerprint density at radius 3 is 2.43 bits per heavy atom. The average Bonchev–Trinajstić information content (AvgIpc) is 2.64. The number of sulfone groups is 1. The monoisotopic (exact) mass is 460 g/mol. The largest absolute Gasteiger partial charge is 1.00 e. The smallest absolute Gasteiger partial charge is 0.543 e. The maximum Gasteiger partial charge on any atom is 1.00 e. The molecule has 0 radical (unpaired) electrons. The average molecular weight is 461 g/mol. The van der Waals surface area contributed by atoms with Gasteiger partial charge in [-0.15, -0.1) is 0 Å². The van der Waals surface area contributed by atoms with Crippen molar-refractivity contribution in [3.63, 3.8) is 0 Å². The molecular weight excluding hydrogens is 443 g/mol. The van der Waals surface area contributed by atoms with E-state index in [-0.39, 0.29) is 63.4 Å². The minimum absolute atomic E-state index is 0. The second-order valence-corrected chi connectivity index (χ2v) is 8.73. The maximum atomic E-state index is 12.6. The molecule has 0 unspecified atom stereocenters. The third-order valence-corrected chi connectivity index (χ3v) is 6.50. The quantitative estimate of drug-likeness (QED) is 0.252. The molecule has 0 aromatic heterocycles. The minimum atomic E-state index is -4.04. The van der Waals surface area contributed by atoms with Crippen LogP contribution in [-0.2, 0) is 40.2 Å². The van der Waals surface area contributed by atoms with E-state index in [1.165, 1.54) is 0 Å². The van der Waals surface area contributed by atoms with Gasteiger partial charge >= 0.3 is 57.4 Å². The number of nitrogens with zero attached hydrogens (tertiary/aromatic N) is 1. The molecule has 1 aromatic rings. The standard InChI is InChI=1S/C18H18N2O8S.K/c1-10(21)28-8-12-9-29(26,27)17-14(16(23)20(17)15(12)18(24)25)19-13(22)7-11-5-3-2-4-6-11;/h2-6,14,17H,7-9H2,1H3,(H,19,22)(H,24,25);/q;+1/p-1/t14-,17-;/m0./s1. The number of hydrogen-bond acceptors (Lipinski definition) is 8. The molecule has 3 rings (SSSR count). The summed E-state index contributed by atoms with van der Waals surface area (Å²) in [7, 11) is -4.04. The summed E-state index contributed by atoms with van der Waals surface area (Å²) >= 11 is 0. The van der Waals surface area contributed by atoms with Gasteiger partial charge in [-0.2, -0.15) is 0 Å². The van der Waals surface area contributed by atoms with Gasteiger partial charge in [0.15, 0.2) is 15.2 Å². The van der Waals surface area contributed by atoms with Gasteiger partial charge in [-0.1, -0.05) is 30.3 Å². The van der Waals surface area contributed by atoms with Gasteiger partial charge in [0, 0.05) is 12.5 Å². The Balaban J connectivity index is 0.00000320. The molecule has 1 N–H and O–H groups in total. The van der Waals surface area contributed by atoms with Gasteiger partial charge in [0.25, 0.3) is 5.91 Å². The molecule has 10 nitrogen and oxygen atoms in total. The molecule has 30 heavy (non-hydrogen) atoms. The van der Waals surface area contributed by atoms with Crippen LogP contribution in [0.1, 0.15) is 12.5 Å². The number of amides is 2. The van der Waals surface area contributed by atoms with Crippen LogP contribution >= 0.6 is 0 Å². The normalized spacial score (nSPS) is 21.6. The molecule has 0 aliphatic carbocycles. The molecule has 12 heteroatoms. The number of carboxylic acid groups (broad SMARTS) is 1. The van der Waals surface area contributed by atoms with Crippen molar-refractivity contribution < 1.29 is 88.8 Å². The number of β-lactam (4-membered cyclic amide) rings is 1. The van der Waals surface area contributed by atoms with Crippen LogP contribution in [0.2, 0.25) is 0 Å². The number of carbonyl (C=O) groups is 4. The number of ether oxygens (including phenoxy) is 1. The number of nitrogens with one attached hydrogen (secondary N) is 1. The summed E-state index contributed by atoms with van der Waals surface area (Å²) in [4.78, 5) is 47.8. The van der Waals surface area contributed by atoms with Crippen molar-refractivity contribution in [2.24, 2.45) is 0 Å². The van der Waals surface area contributed by atoms with Crippen LogP contribution in [0.4, 0.5) is 0 Å². The van der Waals surface area contributed by atoms with Gasteiger partial charge in [-0.25, -0.2) is 8.42 Å². The maximum absolute atomic E-state index is 12.6. The first-order valence-electron chi connectivity index (χ1n) is 8.56. The predicted molar refractivity (Wildman–Crippen MR) is 95.2 cm³/mol. The number of benzene rings is 1. The van der Waals surface area contributed by atoms with Crippen LogP contribution in [0.15, 0.2) is 41.6 Å². The molecule has 2 atom stereocenters. The fourth-order valence-electron chi connectivity index (χ4n) is 3.32. The van der Waals surface area contributed by atoms with Gasteiger partial charge in [0.1, 0.15) is 12.6 Å². The molecule has 1 aromatic carbocycles. The van der Waals surface area contributed by atoms with Crippen LogP contribution < -0.4 is 61.8 Å². The first-order valence-corrected chi connectivity index (χ1v) is 10.3. The first-order chi connectivity index (χ1) is 13.6. The predicted octanol–water partition coefficient (Wildman–Crippen LogP) is -5.12. The van der Waals surface area contributed by atoms with Crippen molar-refractivity contribution in [3.05, 3.63) is 47.2 Å². The van der Waals surface area contributed by atoms with E-state index in [0.29, 0.717) is 10.5 Å². The van der Waals surface area contributed by atoms with E-state index in [1.54, 1.807) is 30.3 Å². The van der Waals surface area contributed by atoms with Crippen molar-refractivity contribution >= 4 is 33.6 Å². The summed E-state index contributed by atoms with van der Waals surface area (Å²) in [6, 6.07) is 7.22. The molecule has 0 spiro atoms. The molecule has 0 saturated carbocycles. The Labute approximate surface area is 215 Å². The Bertz CT molecular complexity index is 1020. The van der Waals surface area contributed by atoms with Crippen LogP contribution in [-0.4, -0.2) is 60.8 Å². The Kier molecular flexibility index (Phi) is 7.99. The second kappa shape index (κ2) is 9.70. The van der Waals surface area contributed by atoms with Gasteiger partial charge in [-0.05, 0) is 5.56 Å². The molecule has 1 saturated heterocycles. The Hall–Kier alpha value is -1.57. The zero-order chi connectivity index (χ0) is 21.3. The third-order valence-electron chi connectivity index (χ3n) is 4.53. The topological polar surface area (TPSA) is 150 Å². The Morgan fingerprint density at radius 2 is 1.87 bits per heavy atom. The van der Waals surface area contributed by atoms with Crippen molar-refractivity contribution in [1.29, 1.82) is 0 Å². The number of esters is 1. The molecule has 1 fully saturated rings. The first kappa shape index (κ1) is 24.7. The van der Waals surface area contributed by atoms with E-state index in [0.717, 1.165) is 6.92 Å². The summed E-state index contributed by atoms with van der Waals surface area (Å²) in [5.41, 5.74) is -0.248. The minimum Gasteiger partial charge on any atom is -0.543 e. The van der Waals surface area contributed by atoms with Crippen molar-refractivity contribution in [1.82, 2.24) is 10.2 Å². The number of carboxylic acids is 1. The number of hydrogen-bond donors (Lipinski definition) is 1. The Morgan fingerprint density at radius 1 is 1.23 bits per heavy atom. The molecular formula is C18H17KN2O8S. The van der Waals surface area contributed by atoms with Gasteiger partial charge in [0.05, 0.1) is 23.8 Å². The summed E-state index contributed by atoms with van der Waals surface area (Å²) in [6.45, 7) is 0.478. The van der Waals surface area contributed by atoms with Gasteiger partial charge in [0.2, 0.25) is 5.91 Å². The van der Waals surface area contributed by atoms with E-state index < -0.39 is 63.1 Å². The van der Waals surface area contributed by atoms with E-state index in [1.807, 2.05) is 0 Å². The summed E-state index contributed by atoms with van der Waals surface area (Å²) < 4.78 is 30.0. The summed E-state index contributed by atoms with van der Waals surface area (Å²) in [5, 5.41) is 12.4. The van der Waals surface area contributed by atoms with E-state index in [2.05, 4.69) is 5.32 Å². The van der Waals surface area contributed by atoms with Crippen molar-refractivity contribution in [3.8, 4) is 0 Å². The molecule has 2 heterocycles. The number of fused-ring (bicyclic) bond motifs is 1. The molecule has 0 bridgehead atoms. The second-order valence-electron chi connectivity index (χ2n) is 6.63. The van der Waals surface area contributed by atoms with E-state index in [4.69, 9.17) is 4.74 Å². The molecule has 2 aliphatic rings. The van der Waals surface area contributed by atoms with Crippen LogP contribution in [0.5, 0.6) is 0 Å². The molecule has 154 valence electrons. The van der Waals surface area contributed by atoms with Crippen LogP contribution in [0, 0.1) is 0 Å². The third kappa shape index (κ3) is 5.00. The van der Waals surface area contributed by atoms with Crippen LogP contribution in [0.3, 0.4) is 0 Å². The summed E-state index contributed by atoms with van der Waals surface area (Å²) in [5.74, 6) is -4.71. The van der Waals surface area contributed by atoms with Gasteiger partial charge in [-0.3, -0.25) is 19.3 Å². The zero-order valence-electron chi connectivity index (χ0n) is 16.3. The summed E-state index contributed by atoms with van der Waals surface area (Å²) in [6.07, 6.45) is -0.0712. The van der Waals surface area contributed by atoms with Crippen LogP contribution in [0.25, 0.3) is 0 Å². The molecule has 2 amide bonds. The molecule has 2 aliphatic heterocycles. The van der Waals surface area contributed by atoms with E-state index in [9.17, 15) is 32.7 Å².